The second-order valence-electron chi connectivity index (χ2n) is 8.35. The third-order valence-electron chi connectivity index (χ3n) is 6.37. The van der Waals surface area contributed by atoms with Crippen LogP contribution in [0.15, 0.2) is 66.9 Å². The van der Waals surface area contributed by atoms with E-state index in [9.17, 15) is 18.8 Å². The van der Waals surface area contributed by atoms with E-state index >= 15 is 0 Å². The molecule has 2 aliphatic rings. The summed E-state index contributed by atoms with van der Waals surface area (Å²) in [6.45, 7) is 1.33. The Bertz CT molecular complexity index is 1240. The molecule has 8 heteroatoms. The van der Waals surface area contributed by atoms with Crippen LogP contribution in [-0.4, -0.2) is 65.1 Å². The zero-order valence-electron chi connectivity index (χ0n) is 18.4. The van der Waals surface area contributed by atoms with E-state index in [1.54, 1.807) is 47.5 Å². The number of hydrogen-bond acceptors (Lipinski definition) is 5. The van der Waals surface area contributed by atoms with Crippen molar-refractivity contribution in [3.05, 3.63) is 83.8 Å². The van der Waals surface area contributed by atoms with Crippen LogP contribution in [0.5, 0.6) is 0 Å². The number of amides is 2. The maximum atomic E-state index is 14.8. The monoisotopic (exact) mass is 458 g/mol. The van der Waals surface area contributed by atoms with Crippen molar-refractivity contribution < 1.29 is 18.8 Å². The first-order valence-electron chi connectivity index (χ1n) is 11.2. The van der Waals surface area contributed by atoms with Gasteiger partial charge in [0.1, 0.15) is 5.82 Å². The molecule has 0 spiro atoms. The topological polar surface area (TPSA) is 82.6 Å². The number of pyridine rings is 1. The molecule has 1 aromatic heterocycles. The Balaban J connectivity index is 1.30. The van der Waals surface area contributed by atoms with E-state index < -0.39 is 23.4 Å². The number of anilines is 1. The van der Waals surface area contributed by atoms with E-state index in [-0.39, 0.29) is 31.1 Å². The first-order valence-corrected chi connectivity index (χ1v) is 11.2. The van der Waals surface area contributed by atoms with Crippen LogP contribution in [0, 0.1) is 5.82 Å². The first kappa shape index (κ1) is 21.8. The SMILES string of the molecule is O=C(C(=O)N1CCN(C(=O)c2ccccc2)CC1)C1CNc2c(-c3ccccn3)ccc(F)c21. The molecule has 1 unspecified atom stereocenters. The Morgan fingerprint density at radius 3 is 2.29 bits per heavy atom. The summed E-state index contributed by atoms with van der Waals surface area (Å²) in [4.78, 5) is 46.3. The fourth-order valence-corrected chi connectivity index (χ4v) is 4.57. The number of nitrogens with one attached hydrogen (secondary N) is 1. The molecule has 7 nitrogen and oxygen atoms in total. The lowest BCUT2D eigenvalue weighted by Gasteiger charge is -2.34. The highest BCUT2D eigenvalue weighted by Crippen LogP contribution is 2.41. The molecule has 3 heterocycles. The minimum absolute atomic E-state index is 0.0999. The first-order chi connectivity index (χ1) is 16.5. The van der Waals surface area contributed by atoms with Gasteiger partial charge in [-0.3, -0.25) is 19.4 Å². The average molecular weight is 458 g/mol. The zero-order chi connectivity index (χ0) is 23.7. The maximum Gasteiger partial charge on any atom is 0.290 e. The molecule has 1 atom stereocenters. The van der Waals surface area contributed by atoms with Crippen LogP contribution < -0.4 is 5.32 Å². The average Bonchev–Trinajstić information content (AvgIpc) is 3.35. The molecule has 1 N–H and O–H groups in total. The van der Waals surface area contributed by atoms with Crippen LogP contribution in [0.2, 0.25) is 0 Å². The number of halogens is 1. The molecule has 1 fully saturated rings. The van der Waals surface area contributed by atoms with Crippen molar-refractivity contribution in [2.75, 3.05) is 38.0 Å². The highest BCUT2D eigenvalue weighted by molar-refractivity contribution is 6.38. The quantitative estimate of drug-likeness (QED) is 0.608. The highest BCUT2D eigenvalue weighted by Gasteiger charge is 2.39. The lowest BCUT2D eigenvalue weighted by atomic mass is 9.93. The molecule has 0 aliphatic carbocycles. The Kier molecular flexibility index (Phi) is 5.79. The zero-order valence-corrected chi connectivity index (χ0v) is 18.4. The summed E-state index contributed by atoms with van der Waals surface area (Å²) in [5.41, 5.74) is 2.64. The summed E-state index contributed by atoms with van der Waals surface area (Å²) in [6.07, 6.45) is 1.65. The van der Waals surface area contributed by atoms with E-state index in [1.165, 1.54) is 11.0 Å². The standard InChI is InChI=1S/C26H23FN4O3/c27-20-10-9-18(21-8-4-5-11-28-21)23-22(20)19(16-29-23)24(32)26(34)31-14-12-30(13-15-31)25(33)17-6-2-1-3-7-17/h1-11,19,29H,12-16H2. The fraction of sp³-hybridized carbons (Fsp3) is 0.231. The van der Waals surface area contributed by atoms with E-state index in [4.69, 9.17) is 0 Å². The van der Waals surface area contributed by atoms with Gasteiger partial charge in [0.2, 0.25) is 5.78 Å². The van der Waals surface area contributed by atoms with Gasteiger partial charge in [0.05, 0.1) is 17.3 Å². The van der Waals surface area contributed by atoms with Crippen molar-refractivity contribution in [1.29, 1.82) is 0 Å². The van der Waals surface area contributed by atoms with Gasteiger partial charge in [0.25, 0.3) is 11.8 Å². The van der Waals surface area contributed by atoms with E-state index in [2.05, 4.69) is 10.3 Å². The number of benzene rings is 2. The molecule has 1 saturated heterocycles. The number of carbonyl (C=O) groups excluding carboxylic acids is 3. The van der Waals surface area contributed by atoms with Gasteiger partial charge in [-0.2, -0.15) is 0 Å². The maximum absolute atomic E-state index is 14.8. The van der Waals surface area contributed by atoms with Gasteiger partial charge in [-0.25, -0.2) is 4.39 Å². The van der Waals surface area contributed by atoms with Crippen LogP contribution in [-0.2, 0) is 9.59 Å². The number of fused-ring (bicyclic) bond motifs is 1. The van der Waals surface area contributed by atoms with Gasteiger partial charge in [0, 0.05) is 55.6 Å². The Labute approximate surface area is 196 Å². The molecular formula is C26H23FN4O3. The van der Waals surface area contributed by atoms with Gasteiger partial charge in [0.15, 0.2) is 0 Å². The van der Waals surface area contributed by atoms with Gasteiger partial charge in [-0.1, -0.05) is 24.3 Å². The van der Waals surface area contributed by atoms with Gasteiger partial charge >= 0.3 is 0 Å². The van der Waals surface area contributed by atoms with E-state index in [1.807, 2.05) is 18.2 Å². The van der Waals surface area contributed by atoms with Crippen LogP contribution in [0.1, 0.15) is 21.8 Å². The molecule has 5 rings (SSSR count). The number of Topliss-reactive ketones (excluding diaryl/α,β-unsaturated/α-hetero) is 1. The molecule has 3 aromatic rings. The van der Waals surface area contributed by atoms with Crippen molar-refractivity contribution >= 4 is 23.3 Å². The number of carbonyl (C=O) groups is 3. The molecule has 0 radical (unpaired) electrons. The van der Waals surface area contributed by atoms with E-state index in [0.717, 1.165) is 0 Å². The van der Waals surface area contributed by atoms with Crippen molar-refractivity contribution in [1.82, 2.24) is 14.8 Å². The normalized spacial score (nSPS) is 17.1. The third-order valence-corrected chi connectivity index (χ3v) is 6.37. The largest absolute Gasteiger partial charge is 0.383 e. The highest BCUT2D eigenvalue weighted by atomic mass is 19.1. The van der Waals surface area contributed by atoms with Crippen LogP contribution in [0.4, 0.5) is 10.1 Å². The number of piperazine rings is 1. The molecule has 2 aliphatic heterocycles. The Hall–Kier alpha value is -4.07. The van der Waals surface area contributed by atoms with Crippen molar-refractivity contribution in [2.45, 2.75) is 5.92 Å². The molecular weight excluding hydrogens is 435 g/mol. The summed E-state index contributed by atoms with van der Waals surface area (Å²) in [5.74, 6) is -2.82. The summed E-state index contributed by atoms with van der Waals surface area (Å²) in [5, 5.41) is 3.11. The number of hydrogen-bond donors (Lipinski definition) is 1. The second-order valence-corrected chi connectivity index (χ2v) is 8.35. The van der Waals surface area contributed by atoms with Crippen molar-refractivity contribution in [2.24, 2.45) is 0 Å². The van der Waals surface area contributed by atoms with Crippen LogP contribution in [0.3, 0.4) is 0 Å². The summed E-state index contributed by atoms with van der Waals surface area (Å²) >= 11 is 0. The van der Waals surface area contributed by atoms with Gasteiger partial charge in [-0.15, -0.1) is 0 Å². The number of nitrogens with zero attached hydrogens (tertiary/aromatic N) is 3. The number of aromatic nitrogens is 1. The summed E-state index contributed by atoms with van der Waals surface area (Å²) in [6, 6.07) is 17.3. The lowest BCUT2D eigenvalue weighted by Crippen LogP contribution is -2.52. The number of rotatable bonds is 4. The predicted octanol–water partition coefficient (Wildman–Crippen LogP) is 2.95. The van der Waals surface area contributed by atoms with Crippen molar-refractivity contribution in [3.63, 3.8) is 0 Å². The lowest BCUT2D eigenvalue weighted by molar-refractivity contribution is -0.146. The van der Waals surface area contributed by atoms with Crippen LogP contribution >= 0.6 is 0 Å². The van der Waals surface area contributed by atoms with Crippen LogP contribution in [0.25, 0.3) is 11.3 Å². The van der Waals surface area contributed by atoms with E-state index in [0.29, 0.717) is 35.6 Å². The minimum Gasteiger partial charge on any atom is -0.383 e. The van der Waals surface area contributed by atoms with Crippen molar-refractivity contribution in [3.8, 4) is 11.3 Å². The predicted molar refractivity (Wildman–Crippen MR) is 125 cm³/mol. The second kappa shape index (κ2) is 9.05. The fourth-order valence-electron chi connectivity index (χ4n) is 4.57. The molecule has 34 heavy (non-hydrogen) atoms. The molecule has 2 amide bonds. The molecule has 2 aromatic carbocycles. The number of ketones is 1. The summed E-state index contributed by atoms with van der Waals surface area (Å²) < 4.78 is 14.8. The van der Waals surface area contributed by atoms with Gasteiger partial charge in [-0.05, 0) is 36.4 Å². The molecule has 0 bridgehead atoms. The Morgan fingerprint density at radius 1 is 0.882 bits per heavy atom. The third kappa shape index (κ3) is 3.91. The van der Waals surface area contributed by atoms with Gasteiger partial charge < -0.3 is 15.1 Å². The summed E-state index contributed by atoms with van der Waals surface area (Å²) in [7, 11) is 0. The smallest absolute Gasteiger partial charge is 0.290 e. The Morgan fingerprint density at radius 2 is 1.59 bits per heavy atom. The molecule has 172 valence electrons. The minimum atomic E-state index is -0.907. The molecule has 0 saturated carbocycles.